The maximum absolute atomic E-state index is 11.5. The average Bonchev–Trinajstić information content (AvgIpc) is 2.70. The van der Waals surface area contributed by atoms with Crippen molar-refractivity contribution in [2.45, 2.75) is 52.4 Å². The van der Waals surface area contributed by atoms with Crippen molar-refractivity contribution in [1.82, 2.24) is 0 Å². The minimum atomic E-state index is -3.08. The summed E-state index contributed by atoms with van der Waals surface area (Å²) in [6.45, 7) is 16.5. The van der Waals surface area contributed by atoms with E-state index in [4.69, 9.17) is 17.0 Å². The van der Waals surface area contributed by atoms with Crippen molar-refractivity contribution >= 4 is 17.9 Å². The second-order valence-electron chi connectivity index (χ2n) is 7.45. The Morgan fingerprint density at radius 1 is 0.645 bits per heavy atom. The van der Waals surface area contributed by atoms with E-state index in [9.17, 15) is 14.4 Å². The quantitative estimate of drug-likeness (QED) is 0.113. The van der Waals surface area contributed by atoms with Crippen LogP contribution in [-0.2, 0) is 78.3 Å². The number of hydrogen-bond donors (Lipinski definition) is 0. The fourth-order valence-corrected chi connectivity index (χ4v) is 11.9. The summed E-state index contributed by atoms with van der Waals surface area (Å²) in [5, 5.41) is 0. The zero-order chi connectivity index (χ0) is 23.2. The second kappa shape index (κ2) is 17.9. The first-order chi connectivity index (χ1) is 14.0. The maximum Gasteiger partial charge on any atom is 4.00 e. The maximum atomic E-state index is 11.5. The molecule has 7 nitrogen and oxygen atoms in total. The molecule has 0 aliphatic heterocycles. The van der Waals surface area contributed by atoms with Gasteiger partial charge in [-0.3, -0.25) is 0 Å². The van der Waals surface area contributed by atoms with E-state index < -0.39 is 38.6 Å². The minimum Gasteiger partial charge on any atom is 4.00 e. The van der Waals surface area contributed by atoms with E-state index in [1.165, 1.54) is 0 Å². The van der Waals surface area contributed by atoms with Crippen LogP contribution in [-0.4, -0.2) is 44.8 Å². The van der Waals surface area contributed by atoms with E-state index in [0.29, 0.717) is 55.8 Å². The molecule has 0 N–H and O–H groups in total. The molecule has 0 radical (unpaired) electrons. The van der Waals surface area contributed by atoms with Crippen molar-refractivity contribution in [3.63, 3.8) is 0 Å². The molecule has 0 aliphatic rings. The molecule has 0 unspecified atom stereocenters. The summed E-state index contributed by atoms with van der Waals surface area (Å²) in [6.07, 6.45) is 2.08. The Morgan fingerprint density at radius 2 is 0.903 bits per heavy atom. The Kier molecular flexibility index (Phi) is 18.7. The third-order valence-electron chi connectivity index (χ3n) is 4.51. The number of ether oxygens (including phenoxy) is 3. The van der Waals surface area contributed by atoms with Crippen LogP contribution in [0.15, 0.2) is 36.5 Å². The van der Waals surface area contributed by atoms with E-state index in [1.807, 2.05) is 0 Å². The third kappa shape index (κ3) is 14.9. The van der Waals surface area contributed by atoms with Crippen molar-refractivity contribution in [3.05, 3.63) is 36.5 Å². The molecule has 0 heterocycles. The van der Waals surface area contributed by atoms with Crippen molar-refractivity contribution in [1.29, 1.82) is 0 Å². The topological polar surface area (TPSA) is 88.1 Å². The van der Waals surface area contributed by atoms with E-state index in [1.54, 1.807) is 27.9 Å². The van der Waals surface area contributed by atoms with Gasteiger partial charge in [-0.05, 0) is 0 Å². The summed E-state index contributed by atoms with van der Waals surface area (Å²) in [5.74, 6) is -1.19. The summed E-state index contributed by atoms with van der Waals surface area (Å²) < 4.78 is 24.1. The van der Waals surface area contributed by atoms with Gasteiger partial charge in [0.05, 0.1) is 0 Å². The first-order valence-corrected chi connectivity index (χ1v) is 16.3. The molecule has 0 saturated heterocycles. The molecule has 0 saturated carbocycles. The van der Waals surface area contributed by atoms with Gasteiger partial charge in [-0.2, -0.15) is 0 Å². The Balaban J connectivity index is 0. The van der Waals surface area contributed by atoms with Gasteiger partial charge >= 0.3 is 212 Å². The number of carbonyl (C=O) groups is 3. The van der Waals surface area contributed by atoms with Gasteiger partial charge in [-0.15, -0.1) is 0 Å². The minimum absolute atomic E-state index is 0. The van der Waals surface area contributed by atoms with Crippen molar-refractivity contribution < 1.29 is 78.3 Å². The number of rotatable bonds is 16. The van der Waals surface area contributed by atoms with Crippen LogP contribution in [0, 0.1) is 0 Å². The Labute approximate surface area is 210 Å². The van der Waals surface area contributed by atoms with E-state index in [-0.39, 0.29) is 26.2 Å². The van der Waals surface area contributed by atoms with Gasteiger partial charge in [0.15, 0.2) is 0 Å². The van der Waals surface area contributed by atoms with Crippen LogP contribution in [0.25, 0.3) is 0 Å². The number of hydrogen-bond acceptors (Lipinski definition) is 7. The summed E-state index contributed by atoms with van der Waals surface area (Å²) >= 11 is -3.08. The molecule has 170 valence electrons. The smallest absolute Gasteiger partial charge is 4.00 e. The fraction of sp³-hybridized carbons (Fsp3) is 0.591. The van der Waals surface area contributed by atoms with Gasteiger partial charge in [-0.25, -0.2) is 0 Å². The average molecular weight is 595 g/mol. The number of carbonyl (C=O) groups excluding carboxylic acids is 3. The largest absolute Gasteiger partial charge is 4.00 e. The first kappa shape index (κ1) is 32.5. The molecular weight excluding hydrogens is 559 g/mol. The molecule has 0 aromatic heterocycles. The molecule has 0 fully saturated rings. The van der Waals surface area contributed by atoms with Gasteiger partial charge in [0.2, 0.25) is 0 Å². The van der Waals surface area contributed by atoms with Crippen LogP contribution >= 0.6 is 0 Å². The van der Waals surface area contributed by atoms with Crippen LogP contribution in [0.3, 0.4) is 0 Å². The fourth-order valence-electron chi connectivity index (χ4n) is 2.73. The molecule has 0 spiro atoms. The normalized spacial score (nSPS) is 10.5. The standard InChI is InChI=1S/3C7H11O2.CH3O.2Zr/c3*1-4-5-9-7(8)6(2)3;1-2;;/h3*1-2,4-5H2,3H3;1H3;;/q;;;-1;+1;+4. The molecule has 0 amide bonds. The van der Waals surface area contributed by atoms with Crippen molar-refractivity contribution in [3.8, 4) is 0 Å². The van der Waals surface area contributed by atoms with Gasteiger partial charge in [0, 0.05) is 0 Å². The monoisotopic (exact) mass is 592 g/mol. The van der Waals surface area contributed by atoms with Crippen LogP contribution in [0.5, 0.6) is 0 Å². The van der Waals surface area contributed by atoms with E-state index in [2.05, 4.69) is 19.7 Å². The molecular formula is C22H36O7Zr2+4. The first-order valence-electron chi connectivity index (χ1n) is 10.1. The SMILES string of the molecule is C=C(C)C(=O)OCC[CH2][Zr]([CH2]CCOC(=O)C(=C)C)([CH2]CCOC(=O)C(=C)C)[O]C.[Zr+4]. The third-order valence-corrected chi connectivity index (χ3v) is 16.0. The van der Waals surface area contributed by atoms with Crippen LogP contribution in [0.1, 0.15) is 40.0 Å². The van der Waals surface area contributed by atoms with Gasteiger partial charge in [-0.1, -0.05) is 0 Å². The Morgan fingerprint density at radius 3 is 1.10 bits per heavy atom. The van der Waals surface area contributed by atoms with Gasteiger partial charge in [0.1, 0.15) is 0 Å². The summed E-state index contributed by atoms with van der Waals surface area (Å²) in [5.41, 5.74) is 1.11. The Bertz CT molecular complexity index is 560. The van der Waals surface area contributed by atoms with Crippen molar-refractivity contribution in [2.24, 2.45) is 0 Å². The van der Waals surface area contributed by atoms with Crippen LogP contribution < -0.4 is 0 Å². The van der Waals surface area contributed by atoms with E-state index in [0.717, 1.165) is 12.4 Å². The number of esters is 3. The Hall–Kier alpha value is -0.644. The van der Waals surface area contributed by atoms with Crippen molar-refractivity contribution in [2.75, 3.05) is 26.9 Å². The molecule has 0 aliphatic carbocycles. The summed E-state index contributed by atoms with van der Waals surface area (Å²) in [6, 6.07) is 0. The molecule has 0 aromatic carbocycles. The van der Waals surface area contributed by atoms with Crippen LogP contribution in [0.2, 0.25) is 12.4 Å². The molecule has 9 heteroatoms. The van der Waals surface area contributed by atoms with Gasteiger partial charge < -0.3 is 0 Å². The van der Waals surface area contributed by atoms with Gasteiger partial charge in [0.25, 0.3) is 0 Å². The second-order valence-corrected chi connectivity index (χ2v) is 18.0. The predicted octanol–water partition coefficient (Wildman–Crippen LogP) is 4.48. The summed E-state index contributed by atoms with van der Waals surface area (Å²) in [4.78, 5) is 34.6. The predicted molar refractivity (Wildman–Crippen MR) is 113 cm³/mol. The molecule has 0 bridgehead atoms. The molecule has 0 aromatic rings. The summed E-state index contributed by atoms with van der Waals surface area (Å²) in [7, 11) is 1.72. The molecule has 0 rings (SSSR count). The zero-order valence-corrected chi connectivity index (χ0v) is 24.3. The molecule has 0 atom stereocenters. The van der Waals surface area contributed by atoms with Crippen LogP contribution in [0.4, 0.5) is 0 Å². The zero-order valence-electron chi connectivity index (χ0n) is 19.3. The van der Waals surface area contributed by atoms with E-state index >= 15 is 0 Å². The molecule has 31 heavy (non-hydrogen) atoms.